The second-order valence-corrected chi connectivity index (χ2v) is 20.5. The fourth-order valence-corrected chi connectivity index (χ4v) is 10.7. The molecule has 10 rings (SSSR count). The Hall–Kier alpha value is -5.84. The number of allylic oxidation sites excluding steroid dienone is 1. The fraction of sp³-hybridized carbons (Fsp3) is 0.404. The number of nitro benzene ring substituents is 1. The highest BCUT2D eigenvalue weighted by Crippen LogP contribution is 2.46. The maximum Gasteiger partial charge on any atom is 0.297 e. The number of amides is 1. The Morgan fingerprint density at radius 1 is 1.00 bits per heavy atom. The molecule has 3 N–H and O–H groups in total. The van der Waals surface area contributed by atoms with E-state index in [0.29, 0.717) is 48.4 Å². The average Bonchev–Trinajstić information content (AvgIpc) is 4.07. The highest BCUT2D eigenvalue weighted by atomic mass is 35.5. The van der Waals surface area contributed by atoms with E-state index in [-0.39, 0.29) is 35.1 Å². The van der Waals surface area contributed by atoms with Crippen LogP contribution in [0.4, 0.5) is 28.4 Å². The number of anilines is 4. The van der Waals surface area contributed by atoms with Gasteiger partial charge in [0.2, 0.25) is 5.88 Å². The van der Waals surface area contributed by atoms with E-state index in [4.69, 9.17) is 26.1 Å². The first-order valence-corrected chi connectivity index (χ1v) is 23.9. The molecule has 15 nitrogen and oxygen atoms in total. The van der Waals surface area contributed by atoms with E-state index in [9.17, 15) is 23.3 Å². The van der Waals surface area contributed by atoms with Gasteiger partial charge in [-0.1, -0.05) is 43.2 Å². The van der Waals surface area contributed by atoms with E-state index in [0.717, 1.165) is 87.0 Å². The highest BCUT2D eigenvalue weighted by molar-refractivity contribution is 7.90. The number of aromatic amines is 1. The number of piperazine rings is 1. The van der Waals surface area contributed by atoms with Crippen molar-refractivity contribution < 1.29 is 27.6 Å². The van der Waals surface area contributed by atoms with Crippen molar-refractivity contribution in [3.63, 3.8) is 0 Å². The first-order chi connectivity index (χ1) is 30.8. The molecule has 3 aliphatic heterocycles. The molecule has 1 amide bonds. The SMILES string of the molecule is CC1(C)CCC(CN2CCN(c3ccc(C(=O)NS(=O)(=O)c4cc5c(c([N+](=O)[O-])c4)N[C@@H](C4CC4)CO5)c(N4CCCOc5nc6[nH]ccc6cc54)c3)CC2)=C(c2ccc(Cl)cc2)C1. The number of sulfonamides is 1. The van der Waals surface area contributed by atoms with Gasteiger partial charge < -0.3 is 29.6 Å². The summed E-state index contributed by atoms with van der Waals surface area (Å²) < 4.78 is 42.3. The van der Waals surface area contributed by atoms with Gasteiger partial charge in [-0.15, -0.1) is 0 Å². The van der Waals surface area contributed by atoms with Crippen molar-refractivity contribution in [1.29, 1.82) is 0 Å². The van der Waals surface area contributed by atoms with Crippen LogP contribution in [0.1, 0.15) is 68.3 Å². The van der Waals surface area contributed by atoms with Crippen LogP contribution < -0.4 is 29.3 Å². The number of halogens is 1. The molecule has 0 radical (unpaired) electrons. The minimum absolute atomic E-state index is 0.0511. The summed E-state index contributed by atoms with van der Waals surface area (Å²) in [6.45, 7) is 9.83. The van der Waals surface area contributed by atoms with E-state index in [1.165, 1.54) is 22.8 Å². The third-order valence-corrected chi connectivity index (χ3v) is 14.9. The van der Waals surface area contributed by atoms with Gasteiger partial charge in [0.05, 0.1) is 33.7 Å². The van der Waals surface area contributed by atoms with Crippen LogP contribution in [0, 0.1) is 21.4 Å². The second kappa shape index (κ2) is 16.6. The van der Waals surface area contributed by atoms with E-state index in [1.807, 2.05) is 41.3 Å². The van der Waals surface area contributed by atoms with E-state index >= 15 is 0 Å². The Labute approximate surface area is 377 Å². The highest BCUT2D eigenvalue weighted by Gasteiger charge is 2.39. The minimum Gasteiger partial charge on any atom is -0.489 e. The minimum atomic E-state index is -4.63. The van der Waals surface area contributed by atoms with Gasteiger partial charge in [-0.2, -0.15) is 4.98 Å². The number of nitrogens with zero attached hydrogens (tertiary/aromatic N) is 5. The summed E-state index contributed by atoms with van der Waals surface area (Å²) in [6, 6.07) is 19.6. The van der Waals surface area contributed by atoms with Crippen molar-refractivity contribution in [1.82, 2.24) is 19.6 Å². The molecule has 1 atom stereocenters. The zero-order valence-corrected chi connectivity index (χ0v) is 37.4. The molecule has 64 heavy (non-hydrogen) atoms. The maximum atomic E-state index is 14.4. The number of pyridine rings is 1. The van der Waals surface area contributed by atoms with Crippen LogP contribution in [-0.4, -0.2) is 92.6 Å². The van der Waals surface area contributed by atoms with Crippen LogP contribution in [-0.2, 0) is 10.0 Å². The van der Waals surface area contributed by atoms with Gasteiger partial charge in [-0.25, -0.2) is 13.1 Å². The second-order valence-electron chi connectivity index (χ2n) is 18.4. The monoisotopic (exact) mass is 906 g/mol. The number of hydrogen-bond donors (Lipinski definition) is 3. The third kappa shape index (κ3) is 8.46. The van der Waals surface area contributed by atoms with Crippen LogP contribution in [0.15, 0.2) is 83.4 Å². The lowest BCUT2D eigenvalue weighted by Gasteiger charge is -2.39. The molecule has 5 aromatic rings. The maximum absolute atomic E-state index is 14.4. The Morgan fingerprint density at radius 3 is 2.56 bits per heavy atom. The van der Waals surface area contributed by atoms with E-state index in [2.05, 4.69) is 50.8 Å². The zero-order chi connectivity index (χ0) is 44.3. The summed E-state index contributed by atoms with van der Waals surface area (Å²) >= 11 is 6.27. The number of fused-ring (bicyclic) bond motifs is 3. The van der Waals surface area contributed by atoms with Crippen LogP contribution in [0.5, 0.6) is 11.6 Å². The number of H-pyrrole nitrogens is 1. The number of aromatic nitrogens is 2. The van der Waals surface area contributed by atoms with Crippen molar-refractivity contribution in [2.75, 3.05) is 67.6 Å². The number of carbonyl (C=O) groups is 1. The topological polar surface area (TPSA) is 175 Å². The molecule has 334 valence electrons. The molecule has 2 fully saturated rings. The van der Waals surface area contributed by atoms with Crippen molar-refractivity contribution in [3.05, 3.63) is 105 Å². The number of rotatable bonds is 10. The Kier molecular flexibility index (Phi) is 10.9. The average molecular weight is 907 g/mol. The molecule has 2 aliphatic carbocycles. The molecule has 0 spiro atoms. The predicted molar refractivity (Wildman–Crippen MR) is 248 cm³/mol. The predicted octanol–water partition coefficient (Wildman–Crippen LogP) is 8.53. The van der Waals surface area contributed by atoms with Gasteiger partial charge in [-0.3, -0.25) is 19.8 Å². The van der Waals surface area contributed by atoms with Gasteiger partial charge in [0.1, 0.15) is 17.9 Å². The molecular formula is C47H51ClN8O7S. The standard InChI is InChI=1S/C47H51ClN8O7S/c1-47(2)14-12-32(37(26-47)29-6-8-33(48)9-7-29)27-53-17-19-54(20-18-53)34-10-11-36(39(23-34)55-16-3-21-62-46-41(55)22-31-13-15-49-44(31)51-46)45(57)52-64(60,61)35-24-40(56(58)59)43-42(25-35)63-28-38(50-43)30-4-5-30/h6-11,13,15,22-25,30,38,50H,3-5,12,14,16-21,26-28H2,1-2H3,(H,49,51)(H,52,57)/t38-/m1/s1. The van der Waals surface area contributed by atoms with Crippen LogP contribution in [0.3, 0.4) is 0 Å². The summed E-state index contributed by atoms with van der Waals surface area (Å²) in [5.41, 5.74) is 6.83. The first-order valence-electron chi connectivity index (χ1n) is 22.0. The molecule has 0 unspecified atom stereocenters. The lowest BCUT2D eigenvalue weighted by molar-refractivity contribution is -0.384. The summed E-state index contributed by atoms with van der Waals surface area (Å²) in [7, 11) is -4.63. The molecule has 2 aromatic heterocycles. The van der Waals surface area contributed by atoms with E-state index < -0.39 is 31.4 Å². The molecular weight excluding hydrogens is 856 g/mol. The van der Waals surface area contributed by atoms with Gasteiger partial charge >= 0.3 is 0 Å². The molecule has 17 heteroatoms. The third-order valence-electron chi connectivity index (χ3n) is 13.3. The Morgan fingerprint density at radius 2 is 1.80 bits per heavy atom. The fourth-order valence-electron chi connectivity index (χ4n) is 9.57. The quantitative estimate of drug-likeness (QED) is 0.0902. The lowest BCUT2D eigenvalue weighted by atomic mass is 9.72. The van der Waals surface area contributed by atoms with Crippen molar-refractivity contribution in [2.45, 2.75) is 63.3 Å². The van der Waals surface area contributed by atoms with E-state index in [1.54, 1.807) is 12.3 Å². The Balaban J connectivity index is 0.945. The van der Waals surface area contributed by atoms with Crippen LogP contribution in [0.25, 0.3) is 16.6 Å². The summed E-state index contributed by atoms with van der Waals surface area (Å²) in [5, 5.41) is 17.0. The molecule has 1 saturated heterocycles. The lowest BCUT2D eigenvalue weighted by Crippen LogP contribution is -2.47. The zero-order valence-electron chi connectivity index (χ0n) is 35.9. The summed E-state index contributed by atoms with van der Waals surface area (Å²) in [4.78, 5) is 40.3. The molecule has 3 aromatic carbocycles. The van der Waals surface area contributed by atoms with Crippen molar-refractivity contribution in [2.24, 2.45) is 11.3 Å². The number of benzene rings is 3. The summed E-state index contributed by atoms with van der Waals surface area (Å²) in [5.74, 6) is -0.0967. The first kappa shape index (κ1) is 42.1. The normalized spacial score (nSPS) is 20.1. The smallest absolute Gasteiger partial charge is 0.297 e. The number of hydrogen-bond acceptors (Lipinski definition) is 12. The number of ether oxygens (including phenoxy) is 2. The molecule has 5 aliphatic rings. The summed E-state index contributed by atoms with van der Waals surface area (Å²) in [6.07, 6.45) is 7.60. The number of carbonyl (C=O) groups excluding carboxylic acids is 1. The molecule has 5 heterocycles. The molecule has 1 saturated carbocycles. The van der Waals surface area contributed by atoms with Gasteiger partial charge in [0, 0.05) is 73.7 Å². The van der Waals surface area contributed by atoms with Crippen LogP contribution >= 0.6 is 11.6 Å². The van der Waals surface area contributed by atoms with Crippen LogP contribution in [0.2, 0.25) is 5.02 Å². The van der Waals surface area contributed by atoms with Gasteiger partial charge in [0.15, 0.2) is 11.4 Å². The van der Waals surface area contributed by atoms with Crippen molar-refractivity contribution >= 4 is 72.6 Å². The number of nitrogens with one attached hydrogen (secondary N) is 3. The largest absolute Gasteiger partial charge is 0.489 e. The van der Waals surface area contributed by atoms with Gasteiger partial charge in [-0.05, 0) is 103 Å². The number of nitro groups is 1. The van der Waals surface area contributed by atoms with Crippen molar-refractivity contribution in [3.8, 4) is 11.6 Å². The van der Waals surface area contributed by atoms with Gasteiger partial charge in [0.25, 0.3) is 21.6 Å². The Bertz CT molecular complexity index is 2800. The molecule has 0 bridgehead atoms.